The predicted molar refractivity (Wildman–Crippen MR) is 80.2 cm³/mol. The molecule has 0 saturated carbocycles. The van der Waals surface area contributed by atoms with Gasteiger partial charge in [0.15, 0.2) is 4.34 Å². The quantitative estimate of drug-likeness (QED) is 0.642. The summed E-state index contributed by atoms with van der Waals surface area (Å²) < 4.78 is 6.60. The van der Waals surface area contributed by atoms with Crippen LogP contribution in [0.15, 0.2) is 27.4 Å². The summed E-state index contributed by atoms with van der Waals surface area (Å²) in [7, 11) is 0. The Bertz CT molecular complexity index is 641. The number of hydrogen-bond acceptors (Lipinski definition) is 7. The van der Waals surface area contributed by atoms with Gasteiger partial charge >= 0.3 is 11.9 Å². The summed E-state index contributed by atoms with van der Waals surface area (Å²) in [6.07, 6.45) is 1.62. The average molecular weight is 329 g/mol. The first kappa shape index (κ1) is 15.1. The Morgan fingerprint density at radius 2 is 2.20 bits per heavy atom. The van der Waals surface area contributed by atoms with E-state index in [1.807, 2.05) is 24.5 Å². The lowest BCUT2D eigenvalue weighted by Crippen LogP contribution is -2.03. The van der Waals surface area contributed by atoms with Gasteiger partial charge in [-0.2, -0.15) is 0 Å². The maximum Gasteiger partial charge on any atom is 0.318 e. The second-order valence-electron chi connectivity index (χ2n) is 3.72. The van der Waals surface area contributed by atoms with Gasteiger partial charge in [0.25, 0.3) is 0 Å². The number of carbonyl (C=O) groups excluding carboxylic acids is 1. The third-order valence-corrected chi connectivity index (χ3v) is 4.87. The fourth-order valence-electron chi connectivity index (χ4n) is 1.44. The summed E-state index contributed by atoms with van der Waals surface area (Å²) >= 11 is 3.93. The van der Waals surface area contributed by atoms with Crippen LogP contribution in [0.25, 0.3) is 10.2 Å². The van der Waals surface area contributed by atoms with Gasteiger partial charge in [-0.05, 0) is 18.4 Å². The Balaban J connectivity index is 2.00. The number of carboxylic acids is 1. The van der Waals surface area contributed by atoms with E-state index in [0.717, 1.165) is 27.2 Å². The van der Waals surface area contributed by atoms with Gasteiger partial charge < -0.3 is 9.29 Å². The van der Waals surface area contributed by atoms with Crippen LogP contribution in [-0.4, -0.2) is 28.3 Å². The van der Waals surface area contributed by atoms with Crippen molar-refractivity contribution in [1.29, 1.82) is 0 Å². The molecule has 0 radical (unpaired) electrons. The van der Waals surface area contributed by atoms with E-state index in [0.29, 0.717) is 4.34 Å². The number of thiazole rings is 1. The summed E-state index contributed by atoms with van der Waals surface area (Å²) in [5.41, 5.74) is 0.897. The van der Waals surface area contributed by atoms with Crippen molar-refractivity contribution in [1.82, 2.24) is 4.98 Å². The fourth-order valence-corrected chi connectivity index (χ4v) is 3.67. The zero-order chi connectivity index (χ0) is 14.5. The molecule has 5 nitrogen and oxygen atoms in total. The van der Waals surface area contributed by atoms with E-state index >= 15 is 0 Å². The maximum atomic E-state index is 11.3. The summed E-state index contributed by atoms with van der Waals surface area (Å²) in [5.74, 6) is -1.57. The van der Waals surface area contributed by atoms with Crippen LogP contribution >= 0.6 is 35.1 Å². The van der Waals surface area contributed by atoms with E-state index in [-0.39, 0.29) is 12.8 Å². The molecule has 8 heteroatoms. The minimum Gasteiger partial charge on any atom is -0.481 e. The van der Waals surface area contributed by atoms with Crippen LogP contribution in [0.5, 0.6) is 0 Å². The molecule has 1 N–H and O–H groups in total. The monoisotopic (exact) mass is 329 g/mol. The van der Waals surface area contributed by atoms with Crippen LogP contribution in [0.3, 0.4) is 0 Å². The lowest BCUT2D eigenvalue weighted by atomic mass is 10.3. The van der Waals surface area contributed by atoms with Crippen LogP contribution in [0, 0.1) is 0 Å². The molecule has 20 heavy (non-hydrogen) atoms. The Morgan fingerprint density at radius 3 is 2.90 bits per heavy atom. The largest absolute Gasteiger partial charge is 0.481 e. The highest BCUT2D eigenvalue weighted by Gasteiger charge is 2.12. The van der Waals surface area contributed by atoms with Crippen LogP contribution in [0.2, 0.25) is 0 Å². The van der Waals surface area contributed by atoms with Crippen molar-refractivity contribution in [2.45, 2.75) is 22.1 Å². The highest BCUT2D eigenvalue weighted by atomic mass is 32.2. The smallest absolute Gasteiger partial charge is 0.318 e. The molecule has 0 aliphatic heterocycles. The van der Waals surface area contributed by atoms with Gasteiger partial charge in [0.05, 0.1) is 23.1 Å². The molecule has 0 amide bonds. The van der Waals surface area contributed by atoms with E-state index in [2.05, 4.69) is 4.98 Å². The van der Waals surface area contributed by atoms with Gasteiger partial charge in [-0.25, -0.2) is 4.98 Å². The number of fused-ring (bicyclic) bond motifs is 1. The van der Waals surface area contributed by atoms with Gasteiger partial charge in [0.2, 0.25) is 0 Å². The normalized spacial score (nSPS) is 10.7. The topological polar surface area (TPSA) is 76.5 Å². The number of aromatic nitrogens is 1. The summed E-state index contributed by atoms with van der Waals surface area (Å²) in [5, 5.41) is 8.47. The minimum absolute atomic E-state index is 0.136. The Kier molecular flexibility index (Phi) is 5.27. The number of benzene rings is 1. The highest BCUT2D eigenvalue weighted by Crippen LogP contribution is 2.34. The van der Waals surface area contributed by atoms with Crippen LogP contribution in [0.1, 0.15) is 12.8 Å². The van der Waals surface area contributed by atoms with E-state index in [1.165, 1.54) is 11.3 Å². The van der Waals surface area contributed by atoms with Crippen molar-refractivity contribution in [3.8, 4) is 0 Å². The molecule has 0 fully saturated rings. The third-order valence-electron chi connectivity index (χ3n) is 2.33. The standard InChI is InChI=1S/C12H11NO4S3/c1-18-7-3-2-4-8-11(7)13-12(19-8)20-17-10(16)6-5-9(14)15/h2-4H,5-6H2,1H3,(H,14,15). The van der Waals surface area contributed by atoms with Gasteiger partial charge in [0, 0.05) is 4.90 Å². The number of thioether (sulfide) groups is 1. The molecule has 0 saturated heterocycles. The molecular weight excluding hydrogens is 318 g/mol. The molecule has 1 aromatic heterocycles. The summed E-state index contributed by atoms with van der Waals surface area (Å²) in [6.45, 7) is 0. The van der Waals surface area contributed by atoms with Crippen molar-refractivity contribution >= 4 is 57.3 Å². The molecule has 1 aromatic carbocycles. The van der Waals surface area contributed by atoms with Crippen LogP contribution in [-0.2, 0) is 13.8 Å². The Labute approximate surface area is 127 Å². The zero-order valence-electron chi connectivity index (χ0n) is 10.5. The number of para-hydroxylation sites is 1. The Hall–Kier alpha value is -1.25. The van der Waals surface area contributed by atoms with Gasteiger partial charge in [0.1, 0.15) is 12.0 Å². The molecule has 0 bridgehead atoms. The molecule has 1 heterocycles. The molecule has 0 unspecified atom stereocenters. The van der Waals surface area contributed by atoms with E-state index in [9.17, 15) is 9.59 Å². The first-order valence-electron chi connectivity index (χ1n) is 5.63. The van der Waals surface area contributed by atoms with Crippen molar-refractivity contribution in [3.63, 3.8) is 0 Å². The number of aliphatic carboxylic acids is 1. The molecule has 2 rings (SSSR count). The van der Waals surface area contributed by atoms with Crippen molar-refractivity contribution in [3.05, 3.63) is 18.2 Å². The van der Waals surface area contributed by atoms with Crippen molar-refractivity contribution in [2.75, 3.05) is 6.26 Å². The van der Waals surface area contributed by atoms with E-state index in [4.69, 9.17) is 9.29 Å². The number of rotatable bonds is 6. The second kappa shape index (κ2) is 6.96. The maximum absolute atomic E-state index is 11.3. The van der Waals surface area contributed by atoms with Crippen molar-refractivity contribution in [2.24, 2.45) is 0 Å². The predicted octanol–water partition coefficient (Wildman–Crippen LogP) is 3.43. The number of carboxylic acid groups (broad SMARTS) is 1. The highest BCUT2D eigenvalue weighted by molar-refractivity contribution is 7.99. The van der Waals surface area contributed by atoms with E-state index < -0.39 is 11.9 Å². The SMILES string of the molecule is CSc1cccc2sc(SOC(=O)CCC(=O)O)nc12. The lowest BCUT2D eigenvalue weighted by molar-refractivity contribution is -0.141. The molecule has 2 aromatic rings. The van der Waals surface area contributed by atoms with Crippen molar-refractivity contribution < 1.29 is 18.9 Å². The Morgan fingerprint density at radius 1 is 1.40 bits per heavy atom. The van der Waals surface area contributed by atoms with Gasteiger partial charge in [-0.15, -0.1) is 23.1 Å². The zero-order valence-corrected chi connectivity index (χ0v) is 12.9. The first-order valence-corrected chi connectivity index (χ1v) is 8.41. The number of carbonyl (C=O) groups is 2. The molecule has 0 aliphatic carbocycles. The molecular formula is C12H11NO4S3. The van der Waals surface area contributed by atoms with E-state index in [1.54, 1.807) is 11.8 Å². The fraction of sp³-hybridized carbons (Fsp3) is 0.250. The minimum atomic E-state index is -1.02. The number of hydrogen-bond donors (Lipinski definition) is 1. The summed E-state index contributed by atoms with van der Waals surface area (Å²) in [4.78, 5) is 27.2. The lowest BCUT2D eigenvalue weighted by Gasteiger charge is -1.98. The second-order valence-corrected chi connectivity index (χ2v) is 6.58. The number of nitrogens with zero attached hydrogens (tertiary/aromatic N) is 1. The first-order chi connectivity index (χ1) is 9.60. The molecule has 0 spiro atoms. The molecule has 106 valence electrons. The molecule has 0 aliphatic rings. The summed E-state index contributed by atoms with van der Waals surface area (Å²) in [6, 6.07) is 5.91. The van der Waals surface area contributed by atoms with Gasteiger partial charge in [-0.1, -0.05) is 6.07 Å². The van der Waals surface area contributed by atoms with Crippen LogP contribution in [0.4, 0.5) is 0 Å². The van der Waals surface area contributed by atoms with Crippen LogP contribution < -0.4 is 0 Å². The average Bonchev–Trinajstić information content (AvgIpc) is 2.85. The molecule has 0 atom stereocenters. The van der Waals surface area contributed by atoms with Gasteiger partial charge in [-0.3, -0.25) is 9.59 Å². The third kappa shape index (κ3) is 3.87.